The molecule has 0 radical (unpaired) electrons. The molecule has 2 heterocycles. The fourth-order valence-electron chi connectivity index (χ4n) is 1.08. The highest BCUT2D eigenvalue weighted by molar-refractivity contribution is 9.10. The van der Waals surface area contributed by atoms with Crippen LogP contribution in [-0.4, -0.2) is 14.8 Å². The maximum absolute atomic E-state index is 4.26. The highest BCUT2D eigenvalue weighted by Crippen LogP contribution is 2.17. The van der Waals surface area contributed by atoms with E-state index >= 15 is 0 Å². The second-order valence-electron chi connectivity index (χ2n) is 2.89. The Kier molecular flexibility index (Phi) is 2.69. The number of pyridine rings is 1. The molecule has 0 fully saturated rings. The zero-order valence-corrected chi connectivity index (χ0v) is 10.6. The van der Waals surface area contributed by atoms with Crippen molar-refractivity contribution in [2.75, 3.05) is 0 Å². The molecule has 0 saturated carbocycles. The van der Waals surface area contributed by atoms with Crippen molar-refractivity contribution in [3.63, 3.8) is 0 Å². The summed E-state index contributed by atoms with van der Waals surface area (Å²) in [4.78, 5) is 4.26. The van der Waals surface area contributed by atoms with Crippen LogP contribution in [0, 0.1) is 6.92 Å². The Morgan fingerprint density at radius 3 is 2.64 bits per heavy atom. The van der Waals surface area contributed by atoms with E-state index < -0.39 is 0 Å². The van der Waals surface area contributed by atoms with Gasteiger partial charge >= 0.3 is 0 Å². The van der Waals surface area contributed by atoms with E-state index in [1.54, 1.807) is 17.1 Å². The Bertz CT molecular complexity index is 465. The smallest absolute Gasteiger partial charge is 0.153 e. The molecule has 14 heavy (non-hydrogen) atoms. The van der Waals surface area contributed by atoms with E-state index in [0.717, 1.165) is 20.3 Å². The maximum Gasteiger partial charge on any atom is 0.153 e. The Morgan fingerprint density at radius 1 is 1.29 bits per heavy atom. The second-order valence-corrected chi connectivity index (χ2v) is 4.66. The highest BCUT2D eigenvalue weighted by atomic mass is 79.9. The fourth-order valence-corrected chi connectivity index (χ4v) is 1.58. The van der Waals surface area contributed by atoms with Crippen molar-refractivity contribution in [2.24, 2.45) is 0 Å². The van der Waals surface area contributed by atoms with E-state index in [1.807, 2.05) is 19.2 Å². The minimum Gasteiger partial charge on any atom is -0.236 e. The van der Waals surface area contributed by atoms with Gasteiger partial charge in [-0.25, -0.2) is 9.67 Å². The van der Waals surface area contributed by atoms with Crippen LogP contribution in [0.25, 0.3) is 5.82 Å². The van der Waals surface area contributed by atoms with Gasteiger partial charge in [0.15, 0.2) is 5.82 Å². The fraction of sp³-hybridized carbons (Fsp3) is 0.111. The molecule has 0 saturated heterocycles. The average Bonchev–Trinajstić information content (AvgIpc) is 2.57. The van der Waals surface area contributed by atoms with Gasteiger partial charge in [-0.15, -0.1) is 0 Å². The first-order valence-corrected chi connectivity index (χ1v) is 5.58. The predicted molar refractivity (Wildman–Crippen MR) is 61.5 cm³/mol. The lowest BCUT2D eigenvalue weighted by Gasteiger charge is -2.02. The predicted octanol–water partition coefficient (Wildman–Crippen LogP) is 3.10. The average molecular weight is 317 g/mol. The van der Waals surface area contributed by atoms with Crippen LogP contribution in [0.15, 0.2) is 33.6 Å². The van der Waals surface area contributed by atoms with E-state index in [9.17, 15) is 0 Å². The molecular formula is C9H7Br2N3. The van der Waals surface area contributed by atoms with Gasteiger partial charge in [0, 0.05) is 16.9 Å². The Morgan fingerprint density at radius 2 is 2.07 bits per heavy atom. The molecule has 0 atom stereocenters. The van der Waals surface area contributed by atoms with Gasteiger partial charge in [0.1, 0.15) is 0 Å². The number of hydrogen-bond acceptors (Lipinski definition) is 2. The number of rotatable bonds is 1. The number of hydrogen-bond donors (Lipinski definition) is 0. The van der Waals surface area contributed by atoms with E-state index in [2.05, 4.69) is 41.9 Å². The zero-order chi connectivity index (χ0) is 10.1. The van der Waals surface area contributed by atoms with Crippen LogP contribution < -0.4 is 0 Å². The summed E-state index contributed by atoms with van der Waals surface area (Å²) in [6.07, 6.45) is 5.38. The van der Waals surface area contributed by atoms with Gasteiger partial charge in [-0.1, -0.05) is 0 Å². The summed E-state index contributed by atoms with van der Waals surface area (Å²) in [5.41, 5.74) is 1.14. The standard InChI is InChI=1S/C9H7Br2N3/c1-6-2-9(12-4-8(6)11)14-5-7(10)3-13-14/h2-5H,1H3. The lowest BCUT2D eigenvalue weighted by Crippen LogP contribution is -1.98. The molecule has 0 amide bonds. The van der Waals surface area contributed by atoms with Gasteiger partial charge in [0.2, 0.25) is 0 Å². The van der Waals surface area contributed by atoms with Crippen LogP contribution in [0.2, 0.25) is 0 Å². The number of aromatic nitrogens is 3. The van der Waals surface area contributed by atoms with Crippen LogP contribution in [-0.2, 0) is 0 Å². The number of halogens is 2. The third-order valence-electron chi connectivity index (χ3n) is 1.82. The largest absolute Gasteiger partial charge is 0.236 e. The molecule has 2 rings (SSSR count). The first-order valence-electron chi connectivity index (χ1n) is 3.99. The molecule has 0 aliphatic rings. The summed E-state index contributed by atoms with van der Waals surface area (Å²) in [7, 11) is 0. The summed E-state index contributed by atoms with van der Waals surface area (Å²) < 4.78 is 3.68. The van der Waals surface area contributed by atoms with Gasteiger partial charge in [0.25, 0.3) is 0 Å². The van der Waals surface area contributed by atoms with Crippen LogP contribution in [0.5, 0.6) is 0 Å². The second kappa shape index (κ2) is 3.82. The number of aryl methyl sites for hydroxylation is 1. The van der Waals surface area contributed by atoms with E-state index in [0.29, 0.717) is 0 Å². The molecule has 3 nitrogen and oxygen atoms in total. The molecule has 72 valence electrons. The van der Waals surface area contributed by atoms with E-state index in [1.165, 1.54) is 0 Å². The van der Waals surface area contributed by atoms with Gasteiger partial charge in [-0.2, -0.15) is 5.10 Å². The Hall–Kier alpha value is -0.680. The molecule has 0 aliphatic carbocycles. The zero-order valence-electron chi connectivity index (χ0n) is 7.41. The van der Waals surface area contributed by atoms with Gasteiger partial charge in [-0.05, 0) is 50.4 Å². The van der Waals surface area contributed by atoms with Crippen LogP contribution in [0.3, 0.4) is 0 Å². The first-order chi connectivity index (χ1) is 6.66. The van der Waals surface area contributed by atoms with E-state index in [-0.39, 0.29) is 0 Å². The maximum atomic E-state index is 4.26. The Balaban J connectivity index is 2.47. The molecule has 0 aliphatic heterocycles. The van der Waals surface area contributed by atoms with Crippen LogP contribution >= 0.6 is 31.9 Å². The van der Waals surface area contributed by atoms with Gasteiger partial charge < -0.3 is 0 Å². The molecule has 0 spiro atoms. The minimum atomic E-state index is 0.816. The van der Waals surface area contributed by atoms with Crippen LogP contribution in [0.1, 0.15) is 5.56 Å². The summed E-state index contributed by atoms with van der Waals surface area (Å²) in [5, 5.41) is 4.15. The normalized spacial score (nSPS) is 10.5. The third-order valence-corrected chi connectivity index (χ3v) is 3.06. The quantitative estimate of drug-likeness (QED) is 0.809. The lowest BCUT2D eigenvalue weighted by atomic mass is 10.3. The monoisotopic (exact) mass is 315 g/mol. The molecule has 2 aromatic heterocycles. The molecule has 5 heteroatoms. The molecule has 2 aromatic rings. The first kappa shape index (κ1) is 9.86. The summed E-state index contributed by atoms with van der Waals surface area (Å²) in [6, 6.07) is 1.98. The molecule has 0 bridgehead atoms. The van der Waals surface area contributed by atoms with Crippen molar-refractivity contribution in [3.8, 4) is 5.82 Å². The third kappa shape index (κ3) is 1.88. The minimum absolute atomic E-state index is 0.816. The summed E-state index contributed by atoms with van der Waals surface area (Å²) >= 11 is 6.75. The summed E-state index contributed by atoms with van der Waals surface area (Å²) in [6.45, 7) is 2.02. The van der Waals surface area contributed by atoms with Crippen molar-refractivity contribution in [1.29, 1.82) is 0 Å². The Labute approximate surface area is 98.4 Å². The molecule has 0 N–H and O–H groups in total. The van der Waals surface area contributed by atoms with Crippen molar-refractivity contribution in [3.05, 3.63) is 39.2 Å². The lowest BCUT2D eigenvalue weighted by molar-refractivity contribution is 0.844. The van der Waals surface area contributed by atoms with Gasteiger partial charge in [-0.3, -0.25) is 0 Å². The van der Waals surface area contributed by atoms with Crippen molar-refractivity contribution in [1.82, 2.24) is 14.8 Å². The SMILES string of the molecule is Cc1cc(-n2cc(Br)cn2)ncc1Br. The highest BCUT2D eigenvalue weighted by Gasteiger charge is 2.02. The number of nitrogens with zero attached hydrogens (tertiary/aromatic N) is 3. The van der Waals surface area contributed by atoms with E-state index in [4.69, 9.17) is 0 Å². The van der Waals surface area contributed by atoms with Crippen molar-refractivity contribution in [2.45, 2.75) is 6.92 Å². The molecule has 0 aromatic carbocycles. The van der Waals surface area contributed by atoms with Crippen molar-refractivity contribution >= 4 is 31.9 Å². The topological polar surface area (TPSA) is 30.7 Å². The van der Waals surface area contributed by atoms with Gasteiger partial charge in [0.05, 0.1) is 10.7 Å². The molecule has 0 unspecified atom stereocenters. The summed E-state index contributed by atoms with van der Waals surface area (Å²) in [5.74, 6) is 0.816. The molecular weight excluding hydrogens is 310 g/mol. The van der Waals surface area contributed by atoms with Crippen LogP contribution in [0.4, 0.5) is 0 Å². The van der Waals surface area contributed by atoms with Crippen molar-refractivity contribution < 1.29 is 0 Å².